The number of carbonyl (C=O) groups excluding carboxylic acids is 1. The second-order valence-electron chi connectivity index (χ2n) is 12.5. The fraction of sp³-hybridized carbons (Fsp3) is 0.216. The van der Waals surface area contributed by atoms with Crippen LogP contribution in [0.1, 0.15) is 35.6 Å². The van der Waals surface area contributed by atoms with E-state index < -0.39 is 12.5 Å². The molecule has 4 atom stereocenters. The van der Waals surface area contributed by atoms with E-state index in [1.807, 2.05) is 17.4 Å². The topological polar surface area (TPSA) is 60.9 Å². The molecule has 3 aromatic heterocycles. The van der Waals surface area contributed by atoms with Gasteiger partial charge in [-0.05, 0) is 103 Å². The van der Waals surface area contributed by atoms with Gasteiger partial charge >= 0.3 is 5.97 Å². The van der Waals surface area contributed by atoms with Crippen molar-refractivity contribution >= 4 is 91.6 Å². The van der Waals surface area contributed by atoms with E-state index in [0.29, 0.717) is 16.9 Å². The highest BCUT2D eigenvalue weighted by Gasteiger charge is 2.55. The lowest BCUT2D eigenvalue weighted by Crippen LogP contribution is -2.35. The van der Waals surface area contributed by atoms with Crippen LogP contribution in [0.3, 0.4) is 0 Å². The molecule has 47 heavy (non-hydrogen) atoms. The Balaban J connectivity index is 0.918. The van der Waals surface area contributed by atoms with Crippen LogP contribution >= 0.6 is 58.0 Å². The van der Waals surface area contributed by atoms with E-state index in [4.69, 9.17) is 17.3 Å². The van der Waals surface area contributed by atoms with Gasteiger partial charge in [-0.1, -0.05) is 54.3 Å². The lowest BCUT2D eigenvalue weighted by atomic mass is 9.82. The lowest BCUT2D eigenvalue weighted by Gasteiger charge is -2.33. The number of fused-ring (bicyclic) bond motifs is 7. The van der Waals surface area contributed by atoms with E-state index in [9.17, 15) is 9.59 Å². The van der Waals surface area contributed by atoms with Crippen LogP contribution < -0.4 is 4.90 Å². The molecular formula is C37H28N2O3S5. The number of anilines is 2. The van der Waals surface area contributed by atoms with Crippen molar-refractivity contribution in [3.8, 4) is 29.9 Å². The number of hydrogen-bond acceptors (Lipinski definition) is 8. The molecule has 0 radical (unpaired) electrons. The number of thiocarbonyl (C=S) groups is 1. The van der Waals surface area contributed by atoms with Gasteiger partial charge in [-0.2, -0.15) is 0 Å². The van der Waals surface area contributed by atoms with Crippen molar-refractivity contribution in [3.63, 3.8) is 0 Å². The molecule has 9 rings (SSSR count). The van der Waals surface area contributed by atoms with Crippen LogP contribution in [-0.2, 0) is 9.59 Å². The third kappa shape index (κ3) is 5.04. The molecule has 1 N–H and O–H groups in total. The second-order valence-corrected chi connectivity index (χ2v) is 17.5. The summed E-state index contributed by atoms with van der Waals surface area (Å²) in [5.74, 6) is 0.896. The third-order valence-corrected chi connectivity index (χ3v) is 14.9. The van der Waals surface area contributed by atoms with Crippen LogP contribution in [0.4, 0.5) is 11.4 Å². The first-order valence-electron chi connectivity index (χ1n) is 15.7. The van der Waals surface area contributed by atoms with Crippen molar-refractivity contribution < 1.29 is 14.7 Å². The number of amides is 1. The molecule has 1 saturated heterocycles. The zero-order valence-corrected chi connectivity index (χ0v) is 29.1. The summed E-state index contributed by atoms with van der Waals surface area (Å²) in [5.41, 5.74) is 5.52. The Morgan fingerprint density at radius 3 is 2.26 bits per heavy atom. The number of carbonyl (C=O) groups is 2. The number of carboxylic acid groups (broad SMARTS) is 1. The van der Waals surface area contributed by atoms with Gasteiger partial charge in [0.05, 0.1) is 4.91 Å². The van der Waals surface area contributed by atoms with Crippen LogP contribution in [0.5, 0.6) is 0 Å². The fourth-order valence-corrected chi connectivity index (χ4v) is 12.5. The van der Waals surface area contributed by atoms with Gasteiger partial charge in [-0.15, -0.1) is 34.0 Å². The van der Waals surface area contributed by atoms with E-state index in [2.05, 4.69) is 83.8 Å². The number of thioether (sulfide) groups is 1. The summed E-state index contributed by atoms with van der Waals surface area (Å²) in [6, 6.07) is 31.8. The minimum Gasteiger partial charge on any atom is -0.480 e. The van der Waals surface area contributed by atoms with Crippen LogP contribution in [-0.4, -0.2) is 38.8 Å². The molecule has 1 amide bonds. The molecule has 10 heteroatoms. The predicted molar refractivity (Wildman–Crippen MR) is 200 cm³/mol. The minimum atomic E-state index is -1.08. The number of nitrogens with zero attached hydrogens (tertiary/aromatic N) is 2. The largest absolute Gasteiger partial charge is 0.480 e. The van der Waals surface area contributed by atoms with Gasteiger partial charge in [-0.25, -0.2) is 0 Å². The fourth-order valence-electron chi connectivity index (χ4n) is 8.01. The van der Waals surface area contributed by atoms with Gasteiger partial charge in [0.2, 0.25) is 0 Å². The maximum Gasteiger partial charge on any atom is 0.323 e. The number of hydrogen-bond donors (Lipinski definition) is 1. The van der Waals surface area contributed by atoms with Crippen LogP contribution in [0.2, 0.25) is 0 Å². The Hall–Kier alpha value is -3.54. The molecule has 5 aromatic rings. The number of rotatable bonds is 7. The van der Waals surface area contributed by atoms with Gasteiger partial charge in [-0.3, -0.25) is 14.5 Å². The molecule has 2 aliphatic heterocycles. The van der Waals surface area contributed by atoms with Gasteiger partial charge < -0.3 is 10.0 Å². The maximum absolute atomic E-state index is 12.7. The zero-order chi connectivity index (χ0) is 31.8. The number of benzene rings is 2. The van der Waals surface area contributed by atoms with Gasteiger partial charge in [0, 0.05) is 52.6 Å². The highest BCUT2D eigenvalue weighted by atomic mass is 32.2. The number of para-hydroxylation sites is 1. The molecule has 5 nitrogen and oxygen atoms in total. The van der Waals surface area contributed by atoms with Crippen molar-refractivity contribution in [1.29, 1.82) is 0 Å². The van der Waals surface area contributed by atoms with Crippen molar-refractivity contribution in [1.82, 2.24) is 4.90 Å². The van der Waals surface area contributed by atoms with Crippen LogP contribution in [0.15, 0.2) is 89.8 Å². The molecule has 0 spiro atoms. The molecule has 4 aliphatic rings. The summed E-state index contributed by atoms with van der Waals surface area (Å²) in [6.45, 7) is -0.416. The predicted octanol–water partition coefficient (Wildman–Crippen LogP) is 10.2. The van der Waals surface area contributed by atoms with Crippen molar-refractivity contribution in [2.24, 2.45) is 11.8 Å². The van der Waals surface area contributed by atoms with E-state index >= 15 is 0 Å². The molecule has 2 saturated carbocycles. The normalized spacial score (nSPS) is 23.7. The van der Waals surface area contributed by atoms with Crippen molar-refractivity contribution in [2.75, 3.05) is 11.4 Å². The number of aliphatic carboxylic acids is 1. The molecule has 5 heterocycles. The Morgan fingerprint density at radius 2 is 1.49 bits per heavy atom. The van der Waals surface area contributed by atoms with Gasteiger partial charge in [0.25, 0.3) is 5.91 Å². The van der Waals surface area contributed by atoms with E-state index in [-0.39, 0.29) is 10.2 Å². The summed E-state index contributed by atoms with van der Waals surface area (Å²) in [4.78, 5) is 35.0. The summed E-state index contributed by atoms with van der Waals surface area (Å²) in [7, 11) is 0. The van der Waals surface area contributed by atoms with Crippen LogP contribution in [0.25, 0.3) is 36.0 Å². The summed E-state index contributed by atoms with van der Waals surface area (Å²) in [5, 5.41) is 9.09. The average Bonchev–Trinajstić information content (AvgIpc) is 3.92. The first-order valence-corrected chi connectivity index (χ1v) is 19.3. The third-order valence-electron chi connectivity index (χ3n) is 9.92. The van der Waals surface area contributed by atoms with Crippen molar-refractivity contribution in [2.45, 2.75) is 31.2 Å². The molecule has 2 aromatic carbocycles. The van der Waals surface area contributed by atoms with E-state index in [0.717, 1.165) is 38.3 Å². The highest BCUT2D eigenvalue weighted by Crippen LogP contribution is 2.62. The van der Waals surface area contributed by atoms with Gasteiger partial charge in [0.1, 0.15) is 10.9 Å². The summed E-state index contributed by atoms with van der Waals surface area (Å²) >= 11 is 11.6. The summed E-state index contributed by atoms with van der Waals surface area (Å²) in [6.07, 6.45) is 5.95. The Labute approximate surface area is 294 Å². The Kier molecular flexibility index (Phi) is 7.28. The smallest absolute Gasteiger partial charge is 0.323 e. The minimum absolute atomic E-state index is 0.279. The van der Waals surface area contributed by atoms with Gasteiger partial charge in [0.15, 0.2) is 0 Å². The maximum atomic E-state index is 12.7. The standard InChI is InChI=1S/C37H28N2O3S5/c40-33(41)19-38-36(42)32(47-37(38)43)18-24-11-12-28(44-24)29-15-16-31(46-29)30-14-13-27(45-30)20-7-9-23(10-8-20)39-26-4-2-1-3-25(26)34-21-5-6-22(17-21)35(34)39/h1-4,7-16,18,21-22,34-35H,5-6,17,19H2,(H,40,41)/b32-18-. The summed E-state index contributed by atoms with van der Waals surface area (Å²) < 4.78 is 0.279. The zero-order valence-electron chi connectivity index (χ0n) is 25.0. The highest BCUT2D eigenvalue weighted by molar-refractivity contribution is 8.26. The number of thiophene rings is 3. The Bertz CT molecular complexity index is 2110. The SMILES string of the molecule is O=C(O)CN1C(=O)/C(=C/c2ccc(-c3ccc(-c4ccc(-c5ccc(N6c7ccccc7C7C8CCC(C8)C76)cc5)s4)s3)s2)SC1=S. The molecular weight excluding hydrogens is 681 g/mol. The quantitative estimate of drug-likeness (QED) is 0.134. The first-order chi connectivity index (χ1) is 22.9. The van der Waals surface area contributed by atoms with E-state index in [1.165, 1.54) is 55.7 Å². The first kappa shape index (κ1) is 29.6. The molecule has 2 aliphatic carbocycles. The molecule has 3 fully saturated rings. The lowest BCUT2D eigenvalue weighted by molar-refractivity contribution is -0.140. The average molecular weight is 709 g/mol. The second kappa shape index (κ2) is 11.6. The van der Waals surface area contributed by atoms with Crippen molar-refractivity contribution in [3.05, 3.63) is 100 Å². The molecule has 4 unspecified atom stereocenters. The monoisotopic (exact) mass is 708 g/mol. The Morgan fingerprint density at radius 1 is 0.830 bits per heavy atom. The van der Waals surface area contributed by atoms with E-state index in [1.54, 1.807) is 34.3 Å². The van der Waals surface area contributed by atoms with Crippen LogP contribution in [0, 0.1) is 11.8 Å². The molecule has 234 valence electrons. The number of carboxylic acids is 1. The molecule has 2 bridgehead atoms.